The van der Waals surface area contributed by atoms with E-state index in [1.54, 1.807) is 23.1 Å². The SMILES string of the molecule is CC(=O)N1CC2CC(c3ccc(CCOc4ccc(Cl)cc4Cl)cc3)=C(C(=O)O)[C@@H](C1)N2. The highest BCUT2D eigenvalue weighted by Crippen LogP contribution is 2.33. The standard InChI is InChI=1S/C24H24Cl2N2O4/c1-14(29)28-12-18-11-19(23(24(30)31)21(13-28)27-18)16-4-2-15(3-5-16)8-9-32-22-7-6-17(25)10-20(22)26/h2-7,10,18,21,27H,8-9,11-13H2,1H3,(H,30,31)/t18?,21-/m1/s1. The van der Waals surface area contributed by atoms with Gasteiger partial charge in [-0.15, -0.1) is 0 Å². The number of hydrogen-bond acceptors (Lipinski definition) is 4. The van der Waals surface area contributed by atoms with Crippen LogP contribution in [0.15, 0.2) is 48.0 Å². The average molecular weight is 475 g/mol. The van der Waals surface area contributed by atoms with E-state index in [2.05, 4.69) is 5.32 Å². The minimum absolute atomic E-state index is 0.0267. The molecule has 0 aromatic heterocycles. The van der Waals surface area contributed by atoms with E-state index in [1.807, 2.05) is 24.3 Å². The number of carboxylic acids is 1. The zero-order valence-corrected chi connectivity index (χ0v) is 19.1. The molecule has 2 aromatic rings. The first-order valence-electron chi connectivity index (χ1n) is 10.5. The van der Waals surface area contributed by atoms with Crippen LogP contribution in [0, 0.1) is 0 Å². The molecule has 2 heterocycles. The molecule has 0 saturated carbocycles. The number of rotatable bonds is 6. The molecule has 2 atom stereocenters. The molecular formula is C24H24Cl2N2O4. The second kappa shape index (κ2) is 9.53. The Hall–Kier alpha value is -2.54. The number of benzene rings is 2. The Labute approximate surface area is 196 Å². The molecule has 0 aliphatic carbocycles. The number of amides is 1. The van der Waals surface area contributed by atoms with E-state index >= 15 is 0 Å². The van der Waals surface area contributed by atoms with Crippen LogP contribution in [0.3, 0.4) is 0 Å². The largest absolute Gasteiger partial charge is 0.492 e. The Morgan fingerprint density at radius 2 is 1.91 bits per heavy atom. The van der Waals surface area contributed by atoms with Crippen molar-refractivity contribution >= 4 is 40.7 Å². The molecule has 168 valence electrons. The van der Waals surface area contributed by atoms with Gasteiger partial charge in [-0.05, 0) is 41.3 Å². The van der Waals surface area contributed by atoms with Crippen LogP contribution in [0.4, 0.5) is 0 Å². The fraction of sp³-hybridized carbons (Fsp3) is 0.333. The van der Waals surface area contributed by atoms with Gasteiger partial charge in [-0.3, -0.25) is 4.79 Å². The number of halogens is 2. The predicted molar refractivity (Wildman–Crippen MR) is 124 cm³/mol. The van der Waals surface area contributed by atoms with Gasteiger partial charge in [-0.25, -0.2) is 4.79 Å². The van der Waals surface area contributed by atoms with E-state index in [1.165, 1.54) is 6.92 Å². The Kier molecular flexibility index (Phi) is 6.74. The summed E-state index contributed by atoms with van der Waals surface area (Å²) in [6, 6.07) is 12.7. The summed E-state index contributed by atoms with van der Waals surface area (Å²) in [6.45, 7) is 2.94. The van der Waals surface area contributed by atoms with Crippen molar-refractivity contribution in [3.8, 4) is 5.75 Å². The van der Waals surface area contributed by atoms with Gasteiger partial charge in [0.05, 0.1) is 23.2 Å². The maximum atomic E-state index is 12.1. The van der Waals surface area contributed by atoms with Crippen molar-refractivity contribution < 1.29 is 19.4 Å². The third-order valence-electron chi connectivity index (χ3n) is 5.93. The average Bonchev–Trinajstić information content (AvgIpc) is 2.74. The molecule has 6 nitrogen and oxygen atoms in total. The lowest BCUT2D eigenvalue weighted by Crippen LogP contribution is -2.61. The summed E-state index contributed by atoms with van der Waals surface area (Å²) in [5, 5.41) is 14.3. The summed E-state index contributed by atoms with van der Waals surface area (Å²) in [4.78, 5) is 25.6. The third-order valence-corrected chi connectivity index (χ3v) is 6.46. The fourth-order valence-corrected chi connectivity index (χ4v) is 4.83. The summed E-state index contributed by atoms with van der Waals surface area (Å²) in [6.07, 6.45) is 1.25. The van der Waals surface area contributed by atoms with Gasteiger partial charge < -0.3 is 20.1 Å². The first-order valence-corrected chi connectivity index (χ1v) is 11.2. The van der Waals surface area contributed by atoms with Crippen LogP contribution in [0.5, 0.6) is 5.75 Å². The van der Waals surface area contributed by atoms with Gasteiger partial charge in [-0.2, -0.15) is 0 Å². The number of piperazine rings is 1. The second-order valence-corrected chi connectivity index (χ2v) is 8.96. The molecule has 0 spiro atoms. The third kappa shape index (κ3) is 4.93. The second-order valence-electron chi connectivity index (χ2n) is 8.11. The number of ether oxygens (including phenoxy) is 1. The number of aliphatic carboxylic acids is 1. The summed E-state index contributed by atoms with van der Waals surface area (Å²) in [5.74, 6) is -0.385. The highest BCUT2D eigenvalue weighted by molar-refractivity contribution is 6.35. The Morgan fingerprint density at radius 1 is 1.16 bits per heavy atom. The lowest BCUT2D eigenvalue weighted by molar-refractivity contribution is -0.135. The highest BCUT2D eigenvalue weighted by Gasteiger charge is 2.38. The lowest BCUT2D eigenvalue weighted by Gasteiger charge is -2.43. The maximum absolute atomic E-state index is 12.1. The van der Waals surface area contributed by atoms with Crippen molar-refractivity contribution in [2.45, 2.75) is 31.8 Å². The van der Waals surface area contributed by atoms with Crippen LogP contribution in [0.1, 0.15) is 24.5 Å². The minimum Gasteiger partial charge on any atom is -0.492 e. The van der Waals surface area contributed by atoms with Crippen LogP contribution >= 0.6 is 23.2 Å². The van der Waals surface area contributed by atoms with E-state index in [-0.39, 0.29) is 18.0 Å². The molecule has 2 aromatic carbocycles. The number of fused-ring (bicyclic) bond motifs is 2. The van der Waals surface area contributed by atoms with E-state index in [4.69, 9.17) is 27.9 Å². The van der Waals surface area contributed by atoms with Crippen molar-refractivity contribution in [3.05, 3.63) is 69.2 Å². The van der Waals surface area contributed by atoms with Gasteiger partial charge in [0.2, 0.25) is 5.91 Å². The zero-order chi connectivity index (χ0) is 22.8. The minimum atomic E-state index is -0.946. The number of carbonyl (C=O) groups excluding carboxylic acids is 1. The molecule has 0 radical (unpaired) electrons. The molecule has 1 saturated heterocycles. The molecule has 4 rings (SSSR count). The zero-order valence-electron chi connectivity index (χ0n) is 17.6. The van der Waals surface area contributed by atoms with Crippen molar-refractivity contribution in [1.82, 2.24) is 10.2 Å². The number of carbonyl (C=O) groups is 2. The number of nitrogens with zero attached hydrogens (tertiary/aromatic N) is 1. The van der Waals surface area contributed by atoms with Crippen LogP contribution in [-0.2, 0) is 16.0 Å². The number of carboxylic acid groups (broad SMARTS) is 1. The molecule has 2 aliphatic rings. The highest BCUT2D eigenvalue weighted by atomic mass is 35.5. The molecule has 32 heavy (non-hydrogen) atoms. The number of nitrogens with one attached hydrogen (secondary N) is 1. The molecule has 2 aliphatic heterocycles. The molecule has 2 bridgehead atoms. The Morgan fingerprint density at radius 3 is 2.56 bits per heavy atom. The van der Waals surface area contributed by atoms with Crippen molar-refractivity contribution in [2.75, 3.05) is 19.7 Å². The van der Waals surface area contributed by atoms with Crippen LogP contribution in [0.2, 0.25) is 10.0 Å². The first kappa shape index (κ1) is 22.6. The van der Waals surface area contributed by atoms with E-state index < -0.39 is 5.97 Å². The Bertz CT molecular complexity index is 1070. The van der Waals surface area contributed by atoms with Gasteiger partial charge in [0.1, 0.15) is 5.75 Å². The van der Waals surface area contributed by atoms with Crippen LogP contribution < -0.4 is 10.1 Å². The fourth-order valence-electron chi connectivity index (χ4n) is 4.37. The summed E-state index contributed by atoms with van der Waals surface area (Å²) in [5.41, 5.74) is 3.17. The predicted octanol–water partition coefficient (Wildman–Crippen LogP) is 4.05. The van der Waals surface area contributed by atoms with Gasteiger partial charge in [0.15, 0.2) is 0 Å². The smallest absolute Gasteiger partial charge is 0.333 e. The van der Waals surface area contributed by atoms with Gasteiger partial charge >= 0.3 is 5.97 Å². The van der Waals surface area contributed by atoms with Crippen molar-refractivity contribution in [1.29, 1.82) is 0 Å². The Balaban J connectivity index is 1.47. The summed E-state index contributed by atoms with van der Waals surface area (Å²) in [7, 11) is 0. The van der Waals surface area contributed by atoms with E-state index in [0.29, 0.717) is 53.9 Å². The first-order chi connectivity index (χ1) is 15.3. The van der Waals surface area contributed by atoms with Gasteiger partial charge in [-0.1, -0.05) is 47.5 Å². The normalized spacial score (nSPS) is 20.3. The van der Waals surface area contributed by atoms with Crippen molar-refractivity contribution in [2.24, 2.45) is 0 Å². The van der Waals surface area contributed by atoms with Crippen molar-refractivity contribution in [3.63, 3.8) is 0 Å². The maximum Gasteiger partial charge on any atom is 0.333 e. The van der Waals surface area contributed by atoms with Gasteiger partial charge in [0.25, 0.3) is 0 Å². The number of hydrogen-bond donors (Lipinski definition) is 2. The van der Waals surface area contributed by atoms with E-state index in [0.717, 1.165) is 16.7 Å². The quantitative estimate of drug-likeness (QED) is 0.660. The molecule has 1 amide bonds. The van der Waals surface area contributed by atoms with Crippen LogP contribution in [-0.4, -0.2) is 53.7 Å². The van der Waals surface area contributed by atoms with Gasteiger partial charge in [0, 0.05) is 37.5 Å². The molecular weight excluding hydrogens is 451 g/mol. The summed E-state index contributed by atoms with van der Waals surface area (Å²) >= 11 is 12.0. The monoisotopic (exact) mass is 474 g/mol. The van der Waals surface area contributed by atoms with E-state index in [9.17, 15) is 14.7 Å². The topological polar surface area (TPSA) is 78.9 Å². The van der Waals surface area contributed by atoms with Crippen LogP contribution in [0.25, 0.3) is 5.57 Å². The molecule has 1 fully saturated rings. The molecule has 2 N–H and O–H groups in total. The lowest BCUT2D eigenvalue weighted by atomic mass is 9.83. The molecule has 8 heteroatoms. The summed E-state index contributed by atoms with van der Waals surface area (Å²) < 4.78 is 5.75. The molecule has 1 unspecified atom stereocenters.